The van der Waals surface area contributed by atoms with Gasteiger partial charge in [-0.3, -0.25) is 29.0 Å². The number of piperazine rings is 1. The highest BCUT2D eigenvalue weighted by atomic mass is 16.6. The largest absolute Gasteiger partial charge is 0.497 e. The van der Waals surface area contributed by atoms with E-state index in [1.54, 1.807) is 66.2 Å². The summed E-state index contributed by atoms with van der Waals surface area (Å²) < 4.78 is 32.1. The van der Waals surface area contributed by atoms with Crippen molar-refractivity contribution in [3.8, 4) is 11.5 Å². The normalized spacial score (nSPS) is 15.1. The van der Waals surface area contributed by atoms with Crippen LogP contribution in [0.2, 0.25) is 0 Å². The lowest BCUT2D eigenvalue weighted by Crippen LogP contribution is -2.54. The van der Waals surface area contributed by atoms with Gasteiger partial charge in [-0.2, -0.15) is 0 Å². The molecular weight excluding hydrogens is 596 g/mol. The number of carbonyl (C=O) groups excluding carboxylic acids is 4. The maximum atomic E-state index is 13.3. The topological polar surface area (TPSA) is 130 Å². The molecule has 0 aromatic heterocycles. The van der Waals surface area contributed by atoms with Gasteiger partial charge in [-0.05, 0) is 63.1 Å². The van der Waals surface area contributed by atoms with E-state index < -0.39 is 47.8 Å². The Bertz CT molecular complexity index is 1140. The zero-order chi connectivity index (χ0) is 33.6. The van der Waals surface area contributed by atoms with Crippen molar-refractivity contribution < 1.29 is 47.6 Å². The molecule has 1 aliphatic rings. The van der Waals surface area contributed by atoms with Crippen molar-refractivity contribution in [3.05, 3.63) is 59.7 Å². The standard InChI is InChI=1S/C34H46N2O10/c1-7-43-31(37)27(32(38)44-8-2)29(23-11-15-25(41-5)16-12-23)35-19-21-36(22-20-35)30(24-13-17-26(42-6)18-14-24)28(33(39)45-9-3)34(40)46-10-4/h11-18,27-30H,7-10,19-22H2,1-6H3/t29-,30-/m0/s1. The first-order valence-electron chi connectivity index (χ1n) is 15.7. The first-order valence-corrected chi connectivity index (χ1v) is 15.7. The first kappa shape index (κ1) is 36.3. The molecular formula is C34H46N2O10. The van der Waals surface area contributed by atoms with Gasteiger partial charge in [0.2, 0.25) is 0 Å². The van der Waals surface area contributed by atoms with Crippen LogP contribution in [0.25, 0.3) is 0 Å². The van der Waals surface area contributed by atoms with Gasteiger partial charge < -0.3 is 28.4 Å². The molecule has 252 valence electrons. The summed E-state index contributed by atoms with van der Waals surface area (Å²) in [6.45, 7) is 8.69. The highest BCUT2D eigenvalue weighted by molar-refractivity contribution is 5.96. The van der Waals surface area contributed by atoms with Crippen molar-refractivity contribution in [2.24, 2.45) is 11.8 Å². The molecule has 0 aliphatic carbocycles. The Kier molecular flexibility index (Phi) is 14.3. The predicted octanol–water partition coefficient (Wildman–Crippen LogP) is 3.59. The molecule has 1 heterocycles. The van der Waals surface area contributed by atoms with Crippen LogP contribution in [0.15, 0.2) is 48.5 Å². The van der Waals surface area contributed by atoms with Gasteiger partial charge in [0, 0.05) is 26.2 Å². The van der Waals surface area contributed by atoms with Crippen molar-refractivity contribution >= 4 is 23.9 Å². The fourth-order valence-corrected chi connectivity index (χ4v) is 5.76. The zero-order valence-corrected chi connectivity index (χ0v) is 27.6. The molecule has 0 N–H and O–H groups in total. The maximum Gasteiger partial charge on any atom is 0.322 e. The fraction of sp³-hybridized carbons (Fsp3) is 0.529. The number of ether oxygens (including phenoxy) is 6. The van der Waals surface area contributed by atoms with E-state index in [9.17, 15) is 19.2 Å². The van der Waals surface area contributed by atoms with E-state index in [-0.39, 0.29) is 26.4 Å². The van der Waals surface area contributed by atoms with Gasteiger partial charge in [-0.15, -0.1) is 0 Å². The summed E-state index contributed by atoms with van der Waals surface area (Å²) in [7, 11) is 3.12. The first-order chi connectivity index (χ1) is 22.2. The summed E-state index contributed by atoms with van der Waals surface area (Å²) in [5.41, 5.74) is 1.42. The van der Waals surface area contributed by atoms with Gasteiger partial charge in [0.25, 0.3) is 0 Å². The Morgan fingerprint density at radius 2 is 0.783 bits per heavy atom. The van der Waals surface area contributed by atoms with Crippen molar-refractivity contribution in [2.75, 3.05) is 66.8 Å². The molecule has 12 nitrogen and oxygen atoms in total. The van der Waals surface area contributed by atoms with Crippen molar-refractivity contribution in [2.45, 2.75) is 39.8 Å². The third kappa shape index (κ3) is 8.97. The van der Waals surface area contributed by atoms with Gasteiger partial charge in [0.05, 0.1) is 52.7 Å². The number of hydrogen-bond donors (Lipinski definition) is 0. The van der Waals surface area contributed by atoms with Crippen LogP contribution in [-0.2, 0) is 38.1 Å². The molecule has 0 amide bonds. The number of esters is 4. The Balaban J connectivity index is 2.03. The van der Waals surface area contributed by atoms with Crippen LogP contribution in [0.3, 0.4) is 0 Å². The maximum absolute atomic E-state index is 13.3. The van der Waals surface area contributed by atoms with E-state index in [1.165, 1.54) is 0 Å². The molecule has 0 spiro atoms. The Labute approximate surface area is 270 Å². The number of benzene rings is 2. The minimum absolute atomic E-state index is 0.102. The number of nitrogens with zero attached hydrogens (tertiary/aromatic N) is 2. The molecule has 0 saturated carbocycles. The van der Waals surface area contributed by atoms with Gasteiger partial charge in [-0.1, -0.05) is 24.3 Å². The molecule has 2 aromatic rings. The van der Waals surface area contributed by atoms with Gasteiger partial charge in [0.1, 0.15) is 11.5 Å². The van der Waals surface area contributed by atoms with E-state index in [2.05, 4.69) is 0 Å². The zero-order valence-electron chi connectivity index (χ0n) is 27.6. The second kappa shape index (κ2) is 18.1. The molecule has 1 aliphatic heterocycles. The van der Waals surface area contributed by atoms with Crippen LogP contribution in [0.1, 0.15) is 50.9 Å². The highest BCUT2D eigenvalue weighted by Crippen LogP contribution is 2.37. The van der Waals surface area contributed by atoms with E-state index in [0.29, 0.717) is 48.8 Å². The van der Waals surface area contributed by atoms with Crippen LogP contribution < -0.4 is 9.47 Å². The van der Waals surface area contributed by atoms with Gasteiger partial charge >= 0.3 is 23.9 Å². The van der Waals surface area contributed by atoms with Crippen LogP contribution in [-0.4, -0.2) is 101 Å². The lowest BCUT2D eigenvalue weighted by Gasteiger charge is -2.44. The van der Waals surface area contributed by atoms with Gasteiger partial charge in [-0.25, -0.2) is 0 Å². The molecule has 1 saturated heterocycles. The molecule has 0 bridgehead atoms. The summed E-state index contributed by atoms with van der Waals surface area (Å²) in [6, 6.07) is 12.9. The number of methoxy groups -OCH3 is 2. The Hall–Kier alpha value is -4.16. The minimum Gasteiger partial charge on any atom is -0.497 e. The Morgan fingerprint density at radius 1 is 0.522 bits per heavy atom. The summed E-state index contributed by atoms with van der Waals surface area (Å²) in [5.74, 6) is -3.94. The average molecular weight is 643 g/mol. The second-order valence-electron chi connectivity index (χ2n) is 10.5. The van der Waals surface area contributed by atoms with Crippen molar-refractivity contribution in [1.82, 2.24) is 9.80 Å². The van der Waals surface area contributed by atoms with Crippen LogP contribution in [0.5, 0.6) is 11.5 Å². The third-order valence-electron chi connectivity index (χ3n) is 7.84. The number of hydrogen-bond acceptors (Lipinski definition) is 12. The molecule has 1 fully saturated rings. The van der Waals surface area contributed by atoms with Crippen molar-refractivity contribution in [3.63, 3.8) is 0 Å². The molecule has 0 unspecified atom stereocenters. The van der Waals surface area contributed by atoms with Crippen molar-refractivity contribution in [1.29, 1.82) is 0 Å². The molecule has 12 heteroatoms. The van der Waals surface area contributed by atoms with Crippen LogP contribution in [0, 0.1) is 11.8 Å². The lowest BCUT2D eigenvalue weighted by molar-refractivity contribution is -0.169. The molecule has 3 rings (SSSR count). The molecule has 46 heavy (non-hydrogen) atoms. The lowest BCUT2D eigenvalue weighted by atomic mass is 9.88. The predicted molar refractivity (Wildman–Crippen MR) is 168 cm³/mol. The molecule has 0 radical (unpaired) electrons. The Morgan fingerprint density at radius 3 is 1.00 bits per heavy atom. The van der Waals surface area contributed by atoms with E-state index in [4.69, 9.17) is 28.4 Å². The van der Waals surface area contributed by atoms with E-state index in [0.717, 1.165) is 0 Å². The van der Waals surface area contributed by atoms with Crippen LogP contribution in [0.4, 0.5) is 0 Å². The number of carbonyl (C=O) groups is 4. The summed E-state index contributed by atoms with van der Waals surface area (Å²) in [6.07, 6.45) is 0. The summed E-state index contributed by atoms with van der Waals surface area (Å²) in [5, 5.41) is 0. The monoisotopic (exact) mass is 642 g/mol. The fourth-order valence-electron chi connectivity index (χ4n) is 5.76. The third-order valence-corrected chi connectivity index (χ3v) is 7.84. The summed E-state index contributed by atoms with van der Waals surface area (Å²) in [4.78, 5) is 57.3. The van der Waals surface area contributed by atoms with E-state index >= 15 is 0 Å². The molecule has 2 atom stereocenters. The SMILES string of the molecule is CCOC(=O)C(C(=O)OCC)[C@H](c1ccc(OC)cc1)N1CCN([C@@H](c2ccc(OC)cc2)C(C(=O)OCC)C(=O)OCC)CC1. The summed E-state index contributed by atoms with van der Waals surface area (Å²) >= 11 is 0. The molecule has 2 aromatic carbocycles. The quantitative estimate of drug-likeness (QED) is 0.151. The highest BCUT2D eigenvalue weighted by Gasteiger charge is 2.46. The smallest absolute Gasteiger partial charge is 0.322 e. The number of rotatable bonds is 16. The van der Waals surface area contributed by atoms with Crippen LogP contribution >= 0.6 is 0 Å². The second-order valence-corrected chi connectivity index (χ2v) is 10.5. The average Bonchev–Trinajstić information content (AvgIpc) is 3.06. The van der Waals surface area contributed by atoms with Gasteiger partial charge in [0.15, 0.2) is 11.8 Å². The van der Waals surface area contributed by atoms with E-state index in [1.807, 2.05) is 34.1 Å². The minimum atomic E-state index is -1.25.